The molecule has 0 bridgehead atoms. The summed E-state index contributed by atoms with van der Waals surface area (Å²) in [5.41, 5.74) is 0. The summed E-state index contributed by atoms with van der Waals surface area (Å²) in [6, 6.07) is 0. The van der Waals surface area contributed by atoms with Crippen LogP contribution in [0.25, 0.3) is 0 Å². The van der Waals surface area contributed by atoms with Crippen molar-refractivity contribution in [2.45, 2.75) is 96.8 Å². The smallest absolute Gasteiger partial charge is 1.00 e. The van der Waals surface area contributed by atoms with Gasteiger partial charge in [0.05, 0.1) is 0 Å². The fourth-order valence-electron chi connectivity index (χ4n) is 2.35. The molecule has 0 aliphatic heterocycles. The molecule has 2 N–H and O–H groups in total. The average molecular weight is 352 g/mol. The molecule has 0 aromatic carbocycles. The molecule has 0 saturated carbocycles. The van der Waals surface area contributed by atoms with E-state index in [1.54, 1.807) is 0 Å². The van der Waals surface area contributed by atoms with Crippen molar-refractivity contribution in [2.75, 3.05) is 0 Å². The predicted molar refractivity (Wildman–Crippen MR) is 96.9 cm³/mol. The van der Waals surface area contributed by atoms with Crippen LogP contribution in [0, 0.1) is 0 Å². The minimum atomic E-state index is -0.664. The van der Waals surface area contributed by atoms with Gasteiger partial charge in [-0.15, -0.1) is 0 Å². The van der Waals surface area contributed by atoms with Gasteiger partial charge in [-0.3, -0.25) is 9.59 Å². The number of aliphatic carboxylic acids is 1. The van der Waals surface area contributed by atoms with Crippen LogP contribution in [0.1, 0.15) is 98.2 Å². The SMILES string of the molecule is CCCCCCCC/C=C\CCCCCCCC(=O)O.O=CO.[H-].[Na+]. The standard InChI is InChI=1S/C18H34O2.CH2O2.Na.H/c1-2-3-4-5-6-7-8-9-10-11-12-13-14-15-16-17-18(19)20;2-1-3;;/h9-10H,2-8,11-17H2,1H3,(H,19,20);1H,(H,2,3);;/q;;+1;-1/b10-9-;;;. The Morgan fingerprint density at radius 3 is 1.62 bits per heavy atom. The number of hydrogen-bond acceptors (Lipinski definition) is 2. The molecule has 0 fully saturated rings. The summed E-state index contributed by atoms with van der Waals surface area (Å²) in [7, 11) is 0. The topological polar surface area (TPSA) is 74.6 Å². The van der Waals surface area contributed by atoms with E-state index in [4.69, 9.17) is 15.0 Å². The molecule has 0 amide bonds. The summed E-state index contributed by atoms with van der Waals surface area (Å²) in [6.45, 7) is 2.01. The van der Waals surface area contributed by atoms with Crippen molar-refractivity contribution in [1.82, 2.24) is 0 Å². The van der Waals surface area contributed by atoms with Crippen LogP contribution in [0.2, 0.25) is 0 Å². The van der Waals surface area contributed by atoms with Gasteiger partial charge in [-0.1, -0.05) is 70.4 Å². The van der Waals surface area contributed by atoms with Crippen molar-refractivity contribution >= 4 is 12.4 Å². The van der Waals surface area contributed by atoms with Gasteiger partial charge >= 0.3 is 35.5 Å². The summed E-state index contributed by atoms with van der Waals surface area (Å²) < 4.78 is 0. The molecule has 0 rings (SSSR count). The first kappa shape index (κ1) is 28.5. The van der Waals surface area contributed by atoms with Crippen molar-refractivity contribution in [1.29, 1.82) is 0 Å². The number of carboxylic acid groups (broad SMARTS) is 2. The summed E-state index contributed by atoms with van der Waals surface area (Å²) in [5, 5.41) is 15.4. The van der Waals surface area contributed by atoms with Crippen LogP contribution in [-0.4, -0.2) is 22.7 Å². The molecule has 0 spiro atoms. The minimum Gasteiger partial charge on any atom is -1.00 e. The molecule has 0 radical (unpaired) electrons. The van der Waals surface area contributed by atoms with E-state index in [2.05, 4.69) is 19.1 Å². The van der Waals surface area contributed by atoms with Crippen LogP contribution in [0.4, 0.5) is 0 Å². The summed E-state index contributed by atoms with van der Waals surface area (Å²) in [4.78, 5) is 18.7. The Bertz CT molecular complexity index is 287. The van der Waals surface area contributed by atoms with E-state index in [0.29, 0.717) is 6.42 Å². The van der Waals surface area contributed by atoms with E-state index in [-0.39, 0.29) is 37.5 Å². The molecule has 4 nitrogen and oxygen atoms in total. The number of unbranched alkanes of at least 4 members (excludes halogenated alkanes) is 11. The van der Waals surface area contributed by atoms with Crippen LogP contribution in [-0.2, 0) is 9.59 Å². The first-order valence-electron chi connectivity index (χ1n) is 9.13. The Labute approximate surface area is 171 Å². The molecule has 0 atom stereocenters. The van der Waals surface area contributed by atoms with E-state index < -0.39 is 5.97 Å². The van der Waals surface area contributed by atoms with Gasteiger partial charge in [-0.2, -0.15) is 0 Å². The molecular weight excluding hydrogens is 315 g/mol. The number of carbonyl (C=O) groups is 2. The molecule has 0 unspecified atom stereocenters. The van der Waals surface area contributed by atoms with E-state index in [1.807, 2.05) is 0 Å². The van der Waals surface area contributed by atoms with Crippen molar-refractivity contribution in [3.05, 3.63) is 12.2 Å². The third-order valence-electron chi connectivity index (χ3n) is 3.65. The van der Waals surface area contributed by atoms with Crippen LogP contribution < -0.4 is 29.6 Å². The number of allylic oxidation sites excluding steroid dienone is 2. The molecule has 138 valence electrons. The Hall–Kier alpha value is -0.320. The zero-order valence-electron chi connectivity index (χ0n) is 16.8. The summed E-state index contributed by atoms with van der Waals surface area (Å²) >= 11 is 0. The fraction of sp³-hybridized carbons (Fsp3) is 0.789. The zero-order valence-corrected chi connectivity index (χ0v) is 17.8. The molecule has 24 heavy (non-hydrogen) atoms. The predicted octanol–water partition coefficient (Wildman–Crippen LogP) is 2.93. The molecule has 5 heteroatoms. The van der Waals surface area contributed by atoms with Crippen molar-refractivity contribution < 1.29 is 50.8 Å². The van der Waals surface area contributed by atoms with Gasteiger partial charge in [0, 0.05) is 6.42 Å². The van der Waals surface area contributed by atoms with Crippen LogP contribution in [0.15, 0.2) is 12.2 Å². The Kier molecular flexibility index (Phi) is 32.7. The summed E-state index contributed by atoms with van der Waals surface area (Å²) in [6.07, 6.45) is 21.2. The molecule has 0 heterocycles. The average Bonchev–Trinajstić information content (AvgIpc) is 2.51. The number of rotatable bonds is 15. The monoisotopic (exact) mass is 352 g/mol. The second kappa shape index (κ2) is 27.5. The maximum atomic E-state index is 10.3. The third kappa shape index (κ3) is 33.3. The van der Waals surface area contributed by atoms with Crippen LogP contribution >= 0.6 is 0 Å². The first-order chi connectivity index (χ1) is 11.2. The van der Waals surface area contributed by atoms with Gasteiger partial charge in [-0.05, 0) is 32.1 Å². The second-order valence-electron chi connectivity index (χ2n) is 5.83. The van der Waals surface area contributed by atoms with E-state index in [9.17, 15) is 4.79 Å². The first-order valence-corrected chi connectivity index (χ1v) is 9.13. The molecule has 0 aromatic heterocycles. The van der Waals surface area contributed by atoms with Gasteiger partial charge in [0.1, 0.15) is 0 Å². The molecular formula is C19H37NaO4. The largest absolute Gasteiger partial charge is 1.00 e. The molecule has 0 aromatic rings. The quantitative estimate of drug-likeness (QED) is 0.206. The van der Waals surface area contributed by atoms with Gasteiger partial charge < -0.3 is 11.6 Å². The van der Waals surface area contributed by atoms with E-state index in [1.165, 1.54) is 70.6 Å². The van der Waals surface area contributed by atoms with Gasteiger partial charge in [0.15, 0.2) is 0 Å². The zero-order chi connectivity index (χ0) is 17.6. The molecule has 0 saturated heterocycles. The minimum absolute atomic E-state index is 0. The van der Waals surface area contributed by atoms with Crippen molar-refractivity contribution in [3.8, 4) is 0 Å². The Morgan fingerprint density at radius 1 is 0.833 bits per heavy atom. The van der Waals surface area contributed by atoms with Crippen molar-refractivity contribution in [3.63, 3.8) is 0 Å². The third-order valence-corrected chi connectivity index (χ3v) is 3.65. The second-order valence-corrected chi connectivity index (χ2v) is 5.83. The molecule has 0 aliphatic rings. The Balaban J connectivity index is -0.000000409. The van der Waals surface area contributed by atoms with Crippen molar-refractivity contribution in [2.24, 2.45) is 0 Å². The maximum Gasteiger partial charge on any atom is 1.00 e. The normalized spacial score (nSPS) is 9.88. The van der Waals surface area contributed by atoms with E-state index in [0.717, 1.165) is 12.8 Å². The van der Waals surface area contributed by atoms with E-state index >= 15 is 0 Å². The Morgan fingerprint density at radius 2 is 1.21 bits per heavy atom. The van der Waals surface area contributed by atoms with Crippen LogP contribution in [0.3, 0.4) is 0 Å². The summed E-state index contributed by atoms with van der Waals surface area (Å²) in [5.74, 6) is -0.664. The fourth-order valence-corrected chi connectivity index (χ4v) is 2.35. The van der Waals surface area contributed by atoms with Gasteiger partial charge in [-0.25, -0.2) is 0 Å². The van der Waals surface area contributed by atoms with Gasteiger partial charge in [0.2, 0.25) is 0 Å². The number of hydrogen-bond donors (Lipinski definition) is 2. The number of carboxylic acids is 1. The van der Waals surface area contributed by atoms with Crippen LogP contribution in [0.5, 0.6) is 0 Å². The molecule has 0 aliphatic carbocycles. The van der Waals surface area contributed by atoms with Gasteiger partial charge in [0.25, 0.3) is 6.47 Å². The maximum absolute atomic E-state index is 10.3.